The lowest BCUT2D eigenvalue weighted by molar-refractivity contribution is -0.115. The highest BCUT2D eigenvalue weighted by Gasteiger charge is 2.15. The first-order chi connectivity index (χ1) is 14.1. The molecule has 1 amide bonds. The lowest BCUT2D eigenvalue weighted by atomic mass is 10.0. The van der Waals surface area contributed by atoms with E-state index < -0.39 is 0 Å². The van der Waals surface area contributed by atoms with Crippen molar-refractivity contribution in [2.24, 2.45) is 0 Å². The van der Waals surface area contributed by atoms with E-state index in [-0.39, 0.29) is 18.3 Å². The van der Waals surface area contributed by atoms with E-state index in [0.29, 0.717) is 37.2 Å². The molecule has 0 spiro atoms. The summed E-state index contributed by atoms with van der Waals surface area (Å²) in [5.74, 6) is 2.13. The molecule has 0 atom stereocenters. The molecule has 0 unspecified atom stereocenters. The van der Waals surface area contributed by atoms with Gasteiger partial charge in [-0.1, -0.05) is 49.3 Å². The zero-order chi connectivity index (χ0) is 20.2. The van der Waals surface area contributed by atoms with Gasteiger partial charge in [-0.25, -0.2) is 0 Å². The molecular weight excluding hydrogens is 370 g/mol. The van der Waals surface area contributed by atoms with E-state index in [1.165, 1.54) is 5.56 Å². The fourth-order valence-electron chi connectivity index (χ4n) is 3.12. The predicted octanol–water partition coefficient (Wildman–Crippen LogP) is 3.74. The van der Waals surface area contributed by atoms with Crippen LogP contribution in [0.25, 0.3) is 0 Å². The second kappa shape index (κ2) is 8.34. The van der Waals surface area contributed by atoms with Crippen LogP contribution in [0.2, 0.25) is 0 Å². The third-order valence-electron chi connectivity index (χ3n) is 4.69. The molecule has 0 bridgehead atoms. The minimum Gasteiger partial charge on any atom is -0.486 e. The average molecular weight is 393 g/mol. The van der Waals surface area contributed by atoms with Crippen LogP contribution in [0.1, 0.15) is 42.3 Å². The van der Waals surface area contributed by atoms with Crippen LogP contribution in [0.3, 0.4) is 0 Å². The topological polar surface area (TPSA) is 86.5 Å². The molecule has 2 heterocycles. The van der Waals surface area contributed by atoms with Crippen LogP contribution >= 0.6 is 0 Å². The van der Waals surface area contributed by atoms with Gasteiger partial charge in [0.1, 0.15) is 13.2 Å². The number of carbonyl (C=O) groups excluding carboxylic acids is 1. The highest BCUT2D eigenvalue weighted by atomic mass is 16.6. The number of hydrogen-bond donors (Lipinski definition) is 1. The highest BCUT2D eigenvalue weighted by Crippen LogP contribution is 2.31. The van der Waals surface area contributed by atoms with Crippen LogP contribution in [-0.4, -0.2) is 29.3 Å². The first kappa shape index (κ1) is 19.0. The molecule has 0 fully saturated rings. The maximum atomic E-state index is 12.3. The molecule has 0 radical (unpaired) electrons. The lowest BCUT2D eigenvalue weighted by Crippen LogP contribution is -2.15. The fraction of sp³-hybridized carbons (Fsp3) is 0.318. The molecule has 1 aliphatic heterocycles. The smallest absolute Gasteiger partial charge is 0.322 e. The number of carbonyl (C=O) groups is 1. The second-order valence-corrected chi connectivity index (χ2v) is 7.28. The Morgan fingerprint density at radius 1 is 1.00 bits per heavy atom. The molecule has 7 nitrogen and oxygen atoms in total. The van der Waals surface area contributed by atoms with Crippen LogP contribution in [0.4, 0.5) is 6.01 Å². The summed E-state index contributed by atoms with van der Waals surface area (Å²) in [5.41, 5.74) is 3.14. The van der Waals surface area contributed by atoms with Crippen LogP contribution in [-0.2, 0) is 17.6 Å². The summed E-state index contributed by atoms with van der Waals surface area (Å²) < 4.78 is 16.7. The van der Waals surface area contributed by atoms with Crippen LogP contribution < -0.4 is 14.8 Å². The molecule has 3 aromatic rings. The third-order valence-corrected chi connectivity index (χ3v) is 4.69. The number of benzene rings is 2. The summed E-state index contributed by atoms with van der Waals surface area (Å²) in [6.07, 6.45) is 0.689. The molecule has 0 saturated heterocycles. The maximum Gasteiger partial charge on any atom is 0.322 e. The van der Waals surface area contributed by atoms with Crippen LogP contribution in [0, 0.1) is 0 Å². The molecule has 29 heavy (non-hydrogen) atoms. The monoisotopic (exact) mass is 393 g/mol. The molecule has 7 heteroatoms. The molecule has 1 aliphatic rings. The van der Waals surface area contributed by atoms with Gasteiger partial charge in [0, 0.05) is 0 Å². The van der Waals surface area contributed by atoms with E-state index in [2.05, 4.69) is 29.4 Å². The van der Waals surface area contributed by atoms with Gasteiger partial charge in [0.2, 0.25) is 11.8 Å². The van der Waals surface area contributed by atoms with Crippen molar-refractivity contribution in [3.8, 4) is 11.5 Å². The average Bonchev–Trinajstić information content (AvgIpc) is 3.14. The van der Waals surface area contributed by atoms with Gasteiger partial charge in [-0.15, -0.1) is 5.10 Å². The van der Waals surface area contributed by atoms with Gasteiger partial charge in [-0.3, -0.25) is 10.1 Å². The summed E-state index contributed by atoms with van der Waals surface area (Å²) in [5, 5.41) is 10.6. The SMILES string of the molecule is CC(C)c1ccc(CC(=O)Nc2nnc(Cc3ccc4c(c3)OCCO4)o2)cc1. The Kier molecular flexibility index (Phi) is 5.46. The maximum absolute atomic E-state index is 12.3. The quantitative estimate of drug-likeness (QED) is 0.687. The molecule has 150 valence electrons. The first-order valence-corrected chi connectivity index (χ1v) is 9.66. The second-order valence-electron chi connectivity index (χ2n) is 7.28. The summed E-state index contributed by atoms with van der Waals surface area (Å²) >= 11 is 0. The number of anilines is 1. The fourth-order valence-corrected chi connectivity index (χ4v) is 3.12. The molecule has 1 aromatic heterocycles. The van der Waals surface area contributed by atoms with E-state index in [1.807, 2.05) is 42.5 Å². The molecule has 1 N–H and O–H groups in total. The number of rotatable bonds is 6. The number of ether oxygens (including phenoxy) is 2. The molecular formula is C22H23N3O4. The summed E-state index contributed by atoms with van der Waals surface area (Å²) in [7, 11) is 0. The van der Waals surface area contributed by atoms with Crippen LogP contribution in [0.15, 0.2) is 46.9 Å². The van der Waals surface area contributed by atoms with Crippen molar-refractivity contribution in [3.05, 3.63) is 65.0 Å². The number of nitrogens with one attached hydrogen (secondary N) is 1. The Bertz CT molecular complexity index is 996. The molecule has 0 saturated carbocycles. The van der Waals surface area contributed by atoms with Gasteiger partial charge in [-0.05, 0) is 34.7 Å². The summed E-state index contributed by atoms with van der Waals surface area (Å²) in [4.78, 5) is 12.3. The van der Waals surface area contributed by atoms with Crippen molar-refractivity contribution in [2.45, 2.75) is 32.6 Å². The third kappa shape index (κ3) is 4.74. The van der Waals surface area contributed by atoms with E-state index in [1.54, 1.807) is 0 Å². The minimum absolute atomic E-state index is 0.0985. The normalized spacial score (nSPS) is 12.8. The molecule has 4 rings (SSSR count). The number of nitrogens with zero attached hydrogens (tertiary/aromatic N) is 2. The van der Waals surface area contributed by atoms with Crippen molar-refractivity contribution in [1.29, 1.82) is 0 Å². The zero-order valence-corrected chi connectivity index (χ0v) is 16.5. The number of fused-ring (bicyclic) bond motifs is 1. The van der Waals surface area contributed by atoms with E-state index in [9.17, 15) is 4.79 Å². The van der Waals surface area contributed by atoms with E-state index in [4.69, 9.17) is 13.9 Å². The van der Waals surface area contributed by atoms with Gasteiger partial charge >= 0.3 is 6.01 Å². The van der Waals surface area contributed by atoms with E-state index >= 15 is 0 Å². The van der Waals surface area contributed by atoms with Gasteiger partial charge < -0.3 is 13.9 Å². The number of hydrogen-bond acceptors (Lipinski definition) is 6. The van der Waals surface area contributed by atoms with Crippen molar-refractivity contribution < 1.29 is 18.7 Å². The molecule has 2 aromatic carbocycles. The van der Waals surface area contributed by atoms with Crippen molar-refractivity contribution in [3.63, 3.8) is 0 Å². The van der Waals surface area contributed by atoms with Gasteiger partial charge in [0.25, 0.3) is 0 Å². The summed E-state index contributed by atoms with van der Waals surface area (Å²) in [6, 6.07) is 13.8. The first-order valence-electron chi connectivity index (χ1n) is 9.66. The molecule has 0 aliphatic carbocycles. The minimum atomic E-state index is -0.197. The highest BCUT2D eigenvalue weighted by molar-refractivity contribution is 5.90. The van der Waals surface area contributed by atoms with Crippen molar-refractivity contribution in [1.82, 2.24) is 10.2 Å². The Morgan fingerprint density at radius 3 is 2.48 bits per heavy atom. The van der Waals surface area contributed by atoms with Gasteiger partial charge in [0.05, 0.1) is 12.8 Å². The zero-order valence-electron chi connectivity index (χ0n) is 16.5. The van der Waals surface area contributed by atoms with Crippen molar-refractivity contribution in [2.75, 3.05) is 18.5 Å². The van der Waals surface area contributed by atoms with Crippen molar-refractivity contribution >= 4 is 11.9 Å². The van der Waals surface area contributed by atoms with Crippen LogP contribution in [0.5, 0.6) is 11.5 Å². The predicted molar refractivity (Wildman–Crippen MR) is 107 cm³/mol. The Morgan fingerprint density at radius 2 is 1.72 bits per heavy atom. The largest absolute Gasteiger partial charge is 0.486 e. The van der Waals surface area contributed by atoms with Gasteiger partial charge in [-0.2, -0.15) is 0 Å². The number of amides is 1. The van der Waals surface area contributed by atoms with Gasteiger partial charge in [0.15, 0.2) is 11.5 Å². The summed E-state index contributed by atoms with van der Waals surface area (Å²) in [6.45, 7) is 5.37. The Balaban J connectivity index is 1.34. The number of aromatic nitrogens is 2. The Labute approximate surface area is 169 Å². The standard InChI is InChI=1S/C22H23N3O4/c1-14(2)17-6-3-15(4-7-17)12-20(26)23-22-25-24-21(29-22)13-16-5-8-18-19(11-16)28-10-9-27-18/h3-8,11,14H,9-10,12-13H2,1-2H3,(H,23,25,26). The lowest BCUT2D eigenvalue weighted by Gasteiger charge is -2.18. The Hall–Kier alpha value is -3.35. The van der Waals surface area contributed by atoms with E-state index in [0.717, 1.165) is 16.9 Å².